The normalized spacial score (nSPS) is 11.4. The Kier molecular flexibility index (Phi) is 7.29. The Hall–Kier alpha value is -3.20. The van der Waals surface area contributed by atoms with E-state index in [2.05, 4.69) is 15.5 Å². The highest BCUT2D eigenvalue weighted by Gasteiger charge is 2.20. The first-order chi connectivity index (χ1) is 15.1. The fourth-order valence-corrected chi connectivity index (χ4v) is 4.28. The van der Waals surface area contributed by atoms with E-state index in [9.17, 15) is 13.2 Å². The van der Waals surface area contributed by atoms with Gasteiger partial charge in [0.25, 0.3) is 0 Å². The van der Waals surface area contributed by atoms with E-state index in [0.29, 0.717) is 23.8 Å². The lowest BCUT2D eigenvalue weighted by molar-refractivity contribution is -0.121. The summed E-state index contributed by atoms with van der Waals surface area (Å²) in [5, 5.41) is 6.69. The minimum absolute atomic E-state index is 0.116. The predicted octanol–water partition coefficient (Wildman–Crippen LogP) is 3.52. The first-order valence-electron chi connectivity index (χ1n) is 10.4. The van der Waals surface area contributed by atoms with Crippen molar-refractivity contribution in [1.82, 2.24) is 15.5 Å². The molecule has 0 aliphatic rings. The Bertz CT molecular complexity index is 1190. The van der Waals surface area contributed by atoms with Crippen molar-refractivity contribution in [3.63, 3.8) is 0 Å². The van der Waals surface area contributed by atoms with Crippen molar-refractivity contribution in [2.24, 2.45) is 0 Å². The number of hydrogen-bond donors (Lipinski definition) is 1. The number of aryl methyl sites for hydroxylation is 2. The van der Waals surface area contributed by atoms with E-state index in [1.54, 1.807) is 6.07 Å². The smallest absolute Gasteiger partial charge is 0.246 e. The number of carbonyl (C=O) groups excluding carboxylic acids is 1. The van der Waals surface area contributed by atoms with E-state index >= 15 is 0 Å². The average molecular weight is 457 g/mol. The number of anilines is 1. The molecular formula is C23H28N4O4S. The van der Waals surface area contributed by atoms with E-state index in [4.69, 9.17) is 4.52 Å². The van der Waals surface area contributed by atoms with Crippen LogP contribution in [0.1, 0.15) is 35.4 Å². The number of benzene rings is 2. The van der Waals surface area contributed by atoms with Crippen molar-refractivity contribution < 1.29 is 17.7 Å². The summed E-state index contributed by atoms with van der Waals surface area (Å²) in [6.07, 6.45) is 1.73. The maximum absolute atomic E-state index is 12.3. The summed E-state index contributed by atoms with van der Waals surface area (Å²) in [4.78, 5) is 16.6. The van der Waals surface area contributed by atoms with Crippen LogP contribution in [-0.4, -0.2) is 37.3 Å². The molecule has 0 saturated carbocycles. The van der Waals surface area contributed by atoms with Crippen molar-refractivity contribution >= 4 is 21.6 Å². The van der Waals surface area contributed by atoms with Gasteiger partial charge < -0.3 is 9.84 Å². The van der Waals surface area contributed by atoms with Crippen molar-refractivity contribution in [2.75, 3.05) is 17.1 Å². The molecule has 0 atom stereocenters. The molecule has 3 rings (SSSR count). The van der Waals surface area contributed by atoms with Crippen molar-refractivity contribution in [3.05, 3.63) is 65.0 Å². The van der Waals surface area contributed by atoms with Gasteiger partial charge in [0.1, 0.15) is 0 Å². The molecular weight excluding hydrogens is 428 g/mol. The summed E-state index contributed by atoms with van der Waals surface area (Å²) >= 11 is 0. The number of sulfonamides is 1. The highest BCUT2D eigenvalue weighted by Crippen LogP contribution is 2.25. The molecule has 1 aromatic heterocycles. The van der Waals surface area contributed by atoms with Crippen LogP contribution in [0.3, 0.4) is 0 Å². The number of carbonyl (C=O) groups is 1. The largest absolute Gasteiger partial charge is 0.347 e. The van der Waals surface area contributed by atoms with Crippen LogP contribution in [0, 0.1) is 20.8 Å². The predicted molar refractivity (Wildman–Crippen MR) is 124 cm³/mol. The Balaban J connectivity index is 1.53. The van der Waals surface area contributed by atoms with Gasteiger partial charge in [-0.3, -0.25) is 9.10 Å². The van der Waals surface area contributed by atoms with Gasteiger partial charge in [-0.15, -0.1) is 0 Å². The molecule has 8 nitrogen and oxygen atoms in total. The molecule has 3 aromatic rings. The molecule has 1 N–H and O–H groups in total. The third-order valence-electron chi connectivity index (χ3n) is 5.22. The second-order valence-electron chi connectivity index (χ2n) is 7.81. The van der Waals surface area contributed by atoms with E-state index < -0.39 is 10.0 Å². The fraction of sp³-hybridized carbons (Fsp3) is 0.348. The Morgan fingerprint density at radius 3 is 2.50 bits per heavy atom. The minimum atomic E-state index is -3.47. The van der Waals surface area contributed by atoms with Gasteiger partial charge in [0.15, 0.2) is 0 Å². The second kappa shape index (κ2) is 9.95. The molecule has 1 heterocycles. The standard InChI is InChI=1S/C23H28N4O4S/c1-16-10-12-19(13-11-16)23-25-22(31-26-23)15-24-21(28)9-6-14-27(32(4,29)30)20-8-5-7-17(2)18(20)3/h5,7-8,10-13H,6,9,14-15H2,1-4H3,(H,24,28). The van der Waals surface area contributed by atoms with Crippen LogP contribution in [0.15, 0.2) is 47.0 Å². The number of nitrogens with zero attached hydrogens (tertiary/aromatic N) is 3. The lowest BCUT2D eigenvalue weighted by Crippen LogP contribution is -2.32. The monoisotopic (exact) mass is 456 g/mol. The molecule has 0 aliphatic carbocycles. The number of hydrogen-bond acceptors (Lipinski definition) is 6. The summed E-state index contributed by atoms with van der Waals surface area (Å²) < 4.78 is 31.2. The van der Waals surface area contributed by atoms with Crippen LogP contribution in [-0.2, 0) is 21.4 Å². The van der Waals surface area contributed by atoms with E-state index in [1.807, 2.05) is 57.2 Å². The third kappa shape index (κ3) is 5.94. The zero-order valence-electron chi connectivity index (χ0n) is 18.8. The van der Waals surface area contributed by atoms with Crippen LogP contribution in [0.2, 0.25) is 0 Å². The first-order valence-corrected chi connectivity index (χ1v) is 12.2. The molecule has 9 heteroatoms. The highest BCUT2D eigenvalue weighted by molar-refractivity contribution is 7.92. The second-order valence-corrected chi connectivity index (χ2v) is 9.72. The van der Waals surface area contributed by atoms with Gasteiger partial charge in [-0.05, 0) is 44.4 Å². The Morgan fingerprint density at radius 2 is 1.81 bits per heavy atom. The topological polar surface area (TPSA) is 105 Å². The van der Waals surface area contributed by atoms with Crippen LogP contribution < -0.4 is 9.62 Å². The Labute approximate surface area is 188 Å². The molecule has 0 aliphatic heterocycles. The van der Waals surface area contributed by atoms with Gasteiger partial charge in [0.05, 0.1) is 18.5 Å². The molecule has 0 spiro atoms. The Morgan fingerprint density at radius 1 is 1.09 bits per heavy atom. The summed E-state index contributed by atoms with van der Waals surface area (Å²) in [6.45, 7) is 6.16. The number of aromatic nitrogens is 2. The van der Waals surface area contributed by atoms with Crippen LogP contribution in [0.25, 0.3) is 11.4 Å². The van der Waals surface area contributed by atoms with Crippen LogP contribution in [0.4, 0.5) is 5.69 Å². The van der Waals surface area contributed by atoms with E-state index in [0.717, 1.165) is 22.3 Å². The molecule has 32 heavy (non-hydrogen) atoms. The van der Waals surface area contributed by atoms with Crippen molar-refractivity contribution in [3.8, 4) is 11.4 Å². The molecule has 0 radical (unpaired) electrons. The number of rotatable bonds is 9. The highest BCUT2D eigenvalue weighted by atomic mass is 32.2. The van der Waals surface area contributed by atoms with Gasteiger partial charge in [0.2, 0.25) is 27.6 Å². The maximum Gasteiger partial charge on any atom is 0.246 e. The van der Waals surface area contributed by atoms with Crippen molar-refractivity contribution in [1.29, 1.82) is 0 Å². The molecule has 1 amide bonds. The quantitative estimate of drug-likeness (QED) is 0.528. The summed E-state index contributed by atoms with van der Waals surface area (Å²) in [6, 6.07) is 13.3. The van der Waals surface area contributed by atoms with Gasteiger partial charge in [-0.25, -0.2) is 8.42 Å². The summed E-state index contributed by atoms with van der Waals surface area (Å²) in [5.74, 6) is 0.558. The first kappa shape index (κ1) is 23.5. The van der Waals surface area contributed by atoms with Gasteiger partial charge in [-0.2, -0.15) is 4.98 Å². The average Bonchev–Trinajstić information content (AvgIpc) is 3.21. The lowest BCUT2D eigenvalue weighted by atomic mass is 10.1. The molecule has 0 saturated heterocycles. The SMILES string of the molecule is Cc1ccc(-c2noc(CNC(=O)CCCN(c3cccc(C)c3C)S(C)(=O)=O)n2)cc1. The number of amides is 1. The van der Waals surface area contributed by atoms with Gasteiger partial charge >= 0.3 is 0 Å². The number of nitrogens with one attached hydrogen (secondary N) is 1. The zero-order chi connectivity index (χ0) is 23.3. The molecule has 2 aromatic carbocycles. The molecule has 0 unspecified atom stereocenters. The minimum Gasteiger partial charge on any atom is -0.347 e. The van der Waals surface area contributed by atoms with Gasteiger partial charge in [-0.1, -0.05) is 47.1 Å². The maximum atomic E-state index is 12.3. The lowest BCUT2D eigenvalue weighted by Gasteiger charge is -2.24. The molecule has 0 bridgehead atoms. The van der Waals surface area contributed by atoms with E-state index in [-0.39, 0.29) is 25.4 Å². The summed E-state index contributed by atoms with van der Waals surface area (Å²) in [5.41, 5.74) is 4.53. The third-order valence-corrected chi connectivity index (χ3v) is 6.40. The molecule has 0 fully saturated rings. The summed E-state index contributed by atoms with van der Waals surface area (Å²) in [7, 11) is -3.47. The van der Waals surface area contributed by atoms with Crippen LogP contribution >= 0.6 is 0 Å². The van der Waals surface area contributed by atoms with Gasteiger partial charge in [0, 0.05) is 18.5 Å². The van der Waals surface area contributed by atoms with Crippen LogP contribution in [0.5, 0.6) is 0 Å². The molecule has 170 valence electrons. The van der Waals surface area contributed by atoms with E-state index in [1.165, 1.54) is 10.6 Å². The van der Waals surface area contributed by atoms with Crippen molar-refractivity contribution in [2.45, 2.75) is 40.2 Å². The fourth-order valence-electron chi connectivity index (χ4n) is 3.26. The zero-order valence-corrected chi connectivity index (χ0v) is 19.6.